The summed E-state index contributed by atoms with van der Waals surface area (Å²) in [6.07, 6.45) is 4.14. The van der Waals surface area contributed by atoms with Crippen molar-refractivity contribution in [1.29, 1.82) is 0 Å². The standard InChI is InChI=1S/C12H23OP/c1-7-10(14-13)8-12(5,6)9-11(2,3)4/h8H,7,9H2,1-6H3. The Labute approximate surface area is 90.2 Å². The molecule has 0 heterocycles. The quantitative estimate of drug-likeness (QED) is 0.599. The molecule has 0 aliphatic carbocycles. The van der Waals surface area contributed by atoms with Crippen LogP contribution in [0.15, 0.2) is 11.4 Å². The molecule has 0 amide bonds. The maximum Gasteiger partial charge on any atom is 0.187 e. The van der Waals surface area contributed by atoms with Gasteiger partial charge < -0.3 is 0 Å². The molecule has 0 saturated heterocycles. The van der Waals surface area contributed by atoms with Crippen molar-refractivity contribution < 1.29 is 4.57 Å². The van der Waals surface area contributed by atoms with E-state index >= 15 is 0 Å². The Morgan fingerprint density at radius 1 is 1.21 bits per heavy atom. The second-order valence-electron chi connectivity index (χ2n) is 5.81. The summed E-state index contributed by atoms with van der Waals surface area (Å²) in [6, 6.07) is 0. The number of allylic oxidation sites excluding steroid dienone is 2. The van der Waals surface area contributed by atoms with E-state index < -0.39 is 0 Å². The Hall–Kier alpha value is -0.160. The van der Waals surface area contributed by atoms with Crippen LogP contribution < -0.4 is 0 Å². The fourth-order valence-electron chi connectivity index (χ4n) is 2.06. The zero-order valence-electron chi connectivity index (χ0n) is 10.3. The molecule has 0 aromatic rings. The van der Waals surface area contributed by atoms with Crippen molar-refractivity contribution in [3.05, 3.63) is 11.4 Å². The van der Waals surface area contributed by atoms with Gasteiger partial charge in [0.05, 0.1) is 0 Å². The molecule has 0 fully saturated rings. The highest BCUT2D eigenvalue weighted by Gasteiger charge is 2.23. The lowest BCUT2D eigenvalue weighted by Gasteiger charge is -2.30. The Bertz CT molecular complexity index is 221. The van der Waals surface area contributed by atoms with Crippen molar-refractivity contribution in [3.8, 4) is 0 Å². The van der Waals surface area contributed by atoms with E-state index in [9.17, 15) is 4.57 Å². The molecule has 0 aliphatic rings. The van der Waals surface area contributed by atoms with E-state index in [1.165, 1.54) is 0 Å². The van der Waals surface area contributed by atoms with Gasteiger partial charge in [-0.25, -0.2) is 0 Å². The zero-order valence-corrected chi connectivity index (χ0v) is 11.2. The molecule has 0 aliphatic heterocycles. The fraction of sp³-hybridized carbons (Fsp3) is 0.833. The largest absolute Gasteiger partial charge is 0.270 e. The van der Waals surface area contributed by atoms with E-state index in [1.807, 2.05) is 6.92 Å². The molecule has 0 spiro atoms. The average Bonchev–Trinajstić information content (AvgIpc) is 1.95. The van der Waals surface area contributed by atoms with Crippen LogP contribution in [0.3, 0.4) is 0 Å². The van der Waals surface area contributed by atoms with Crippen molar-refractivity contribution in [2.45, 2.75) is 54.4 Å². The summed E-state index contributed by atoms with van der Waals surface area (Å²) >= 11 is 0. The predicted octanol–water partition coefficient (Wildman–Crippen LogP) is 5.03. The summed E-state index contributed by atoms with van der Waals surface area (Å²) in [5, 5.41) is 1.01. The molecule has 2 heteroatoms. The van der Waals surface area contributed by atoms with Gasteiger partial charge in [0.15, 0.2) is 8.46 Å². The number of hydrogen-bond donors (Lipinski definition) is 0. The van der Waals surface area contributed by atoms with Gasteiger partial charge in [-0.2, -0.15) is 0 Å². The minimum atomic E-state index is 0.140. The van der Waals surface area contributed by atoms with E-state index in [0.717, 1.165) is 18.2 Å². The topological polar surface area (TPSA) is 17.1 Å². The van der Waals surface area contributed by atoms with Gasteiger partial charge in [-0.3, -0.25) is 4.57 Å². The minimum absolute atomic E-state index is 0.140. The molecular weight excluding hydrogens is 191 g/mol. The first kappa shape index (κ1) is 13.8. The first-order valence-electron chi connectivity index (χ1n) is 5.25. The van der Waals surface area contributed by atoms with Crippen molar-refractivity contribution in [2.75, 3.05) is 0 Å². The van der Waals surface area contributed by atoms with Crippen molar-refractivity contribution in [3.63, 3.8) is 0 Å². The Morgan fingerprint density at radius 3 is 2.00 bits per heavy atom. The summed E-state index contributed by atoms with van der Waals surface area (Å²) in [5.41, 5.74) is 0.458. The van der Waals surface area contributed by atoms with Crippen LogP contribution in [0.1, 0.15) is 54.4 Å². The highest BCUT2D eigenvalue weighted by Crippen LogP contribution is 2.36. The molecule has 0 radical (unpaired) electrons. The van der Waals surface area contributed by atoms with Crippen molar-refractivity contribution in [1.82, 2.24) is 0 Å². The molecule has 0 rings (SSSR count). The van der Waals surface area contributed by atoms with Crippen LogP contribution >= 0.6 is 8.46 Å². The highest BCUT2D eigenvalue weighted by molar-refractivity contribution is 7.29. The smallest absolute Gasteiger partial charge is 0.187 e. The molecule has 0 unspecified atom stereocenters. The van der Waals surface area contributed by atoms with Gasteiger partial charge in [0.25, 0.3) is 0 Å². The van der Waals surface area contributed by atoms with Gasteiger partial charge >= 0.3 is 0 Å². The van der Waals surface area contributed by atoms with Crippen LogP contribution in [0.5, 0.6) is 0 Å². The predicted molar refractivity (Wildman–Crippen MR) is 63.8 cm³/mol. The monoisotopic (exact) mass is 214 g/mol. The molecule has 0 saturated carbocycles. The van der Waals surface area contributed by atoms with Crippen LogP contribution in [0, 0.1) is 10.8 Å². The van der Waals surface area contributed by atoms with Crippen molar-refractivity contribution in [2.24, 2.45) is 10.8 Å². The average molecular weight is 214 g/mol. The third-order valence-electron chi connectivity index (χ3n) is 2.02. The first-order chi connectivity index (χ1) is 6.20. The molecule has 0 aromatic carbocycles. The van der Waals surface area contributed by atoms with Crippen LogP contribution in [0.25, 0.3) is 0 Å². The van der Waals surface area contributed by atoms with Gasteiger partial charge in [0.2, 0.25) is 0 Å². The normalized spacial score (nSPS) is 14.9. The molecule has 82 valence electrons. The Morgan fingerprint density at radius 2 is 1.71 bits per heavy atom. The fourth-order valence-corrected chi connectivity index (χ4v) is 2.59. The van der Waals surface area contributed by atoms with Gasteiger partial charge in [-0.15, -0.1) is 0 Å². The Kier molecular flexibility index (Phi) is 5.01. The summed E-state index contributed by atoms with van der Waals surface area (Å²) < 4.78 is 10.8. The van der Waals surface area contributed by atoms with E-state index in [4.69, 9.17) is 0 Å². The van der Waals surface area contributed by atoms with Crippen LogP contribution in [0.2, 0.25) is 0 Å². The SMILES string of the molecule is CCC(=CC(C)(C)CC(C)(C)C)P=O. The third kappa shape index (κ3) is 6.32. The van der Waals surface area contributed by atoms with E-state index in [0.29, 0.717) is 5.41 Å². The summed E-state index contributed by atoms with van der Waals surface area (Å²) in [5.74, 6) is 0. The summed E-state index contributed by atoms with van der Waals surface area (Å²) in [6.45, 7) is 13.2. The minimum Gasteiger partial charge on any atom is -0.270 e. The lowest BCUT2D eigenvalue weighted by Crippen LogP contribution is -2.18. The van der Waals surface area contributed by atoms with Crippen LogP contribution in [0.4, 0.5) is 0 Å². The van der Waals surface area contributed by atoms with E-state index in [1.54, 1.807) is 0 Å². The lowest BCUT2D eigenvalue weighted by molar-refractivity contribution is 0.261. The van der Waals surface area contributed by atoms with E-state index in [-0.39, 0.29) is 13.9 Å². The molecule has 0 N–H and O–H groups in total. The molecule has 0 aromatic heterocycles. The lowest BCUT2D eigenvalue weighted by atomic mass is 9.76. The summed E-state index contributed by atoms with van der Waals surface area (Å²) in [7, 11) is 0.177. The second kappa shape index (κ2) is 5.07. The van der Waals surface area contributed by atoms with Gasteiger partial charge in [0, 0.05) is 5.31 Å². The number of rotatable bonds is 4. The molecule has 1 nitrogen and oxygen atoms in total. The van der Waals surface area contributed by atoms with Crippen LogP contribution in [-0.4, -0.2) is 0 Å². The first-order valence-corrected chi connectivity index (χ1v) is 6.06. The molecule has 0 atom stereocenters. The molecule has 14 heavy (non-hydrogen) atoms. The number of hydrogen-bond acceptors (Lipinski definition) is 1. The van der Waals surface area contributed by atoms with E-state index in [2.05, 4.69) is 40.7 Å². The Balaban J connectivity index is 4.62. The maximum atomic E-state index is 10.8. The van der Waals surface area contributed by atoms with Gasteiger partial charge in [-0.05, 0) is 23.7 Å². The van der Waals surface area contributed by atoms with Crippen molar-refractivity contribution >= 4 is 8.46 Å². The summed E-state index contributed by atoms with van der Waals surface area (Å²) in [4.78, 5) is 0. The highest BCUT2D eigenvalue weighted by atomic mass is 31.1. The molecule has 0 bridgehead atoms. The van der Waals surface area contributed by atoms with Crippen LogP contribution in [-0.2, 0) is 4.57 Å². The van der Waals surface area contributed by atoms with Gasteiger partial charge in [0.1, 0.15) is 0 Å². The zero-order chi connectivity index (χ0) is 11.4. The molecular formula is C12H23OP. The second-order valence-corrected chi connectivity index (χ2v) is 6.56. The third-order valence-corrected chi connectivity index (χ3v) is 2.70. The maximum absolute atomic E-state index is 10.8. The van der Waals surface area contributed by atoms with Gasteiger partial charge in [-0.1, -0.05) is 47.6 Å².